The Morgan fingerprint density at radius 1 is 1.05 bits per heavy atom. The van der Waals surface area contributed by atoms with E-state index in [-0.39, 0.29) is 18.2 Å². The summed E-state index contributed by atoms with van der Waals surface area (Å²) in [6.07, 6.45) is 0. The van der Waals surface area contributed by atoms with E-state index in [2.05, 4.69) is 15.5 Å². The molecule has 5 aromatic rings. The van der Waals surface area contributed by atoms with Crippen molar-refractivity contribution < 1.29 is 23.1 Å². The Balaban J connectivity index is 1.44. The maximum atomic E-state index is 14.9. The molecule has 2 aromatic heterocycles. The predicted octanol–water partition coefficient (Wildman–Crippen LogP) is 5.35. The Bertz CT molecular complexity index is 1700. The molecule has 0 spiro atoms. The summed E-state index contributed by atoms with van der Waals surface area (Å²) in [6.45, 7) is 1.44. The van der Waals surface area contributed by atoms with E-state index in [4.69, 9.17) is 13.9 Å². The molecule has 11 heteroatoms. The zero-order chi connectivity index (χ0) is 27.4. The van der Waals surface area contributed by atoms with E-state index in [0.29, 0.717) is 50.5 Å². The lowest BCUT2D eigenvalue weighted by molar-refractivity contribution is -0.114. The van der Waals surface area contributed by atoms with Crippen LogP contribution in [0.1, 0.15) is 18.3 Å². The van der Waals surface area contributed by atoms with Crippen molar-refractivity contribution in [2.45, 2.75) is 24.4 Å². The molecular weight excluding hydrogens is 523 g/mol. The highest BCUT2D eigenvalue weighted by atomic mass is 32.2. The molecule has 0 saturated heterocycles. The van der Waals surface area contributed by atoms with Crippen LogP contribution < -0.4 is 20.4 Å². The van der Waals surface area contributed by atoms with E-state index >= 15 is 0 Å². The highest BCUT2D eigenvalue weighted by Crippen LogP contribution is 2.30. The van der Waals surface area contributed by atoms with Crippen LogP contribution in [0.15, 0.2) is 87.2 Å². The fourth-order valence-corrected chi connectivity index (χ4v) is 4.91. The number of halogens is 1. The molecule has 0 radical (unpaired) electrons. The molecule has 0 atom stereocenters. The maximum absolute atomic E-state index is 14.9. The number of amides is 1. The summed E-state index contributed by atoms with van der Waals surface area (Å²) < 4.78 is 32.9. The van der Waals surface area contributed by atoms with Crippen molar-refractivity contribution >= 4 is 34.3 Å². The maximum Gasteiger partial charge on any atom is 0.336 e. The standard InChI is InChI=1S/C28H23FN4O5S/c1-17(34)30-19-7-12-22-18(13-27(35)38-25(22)14-19)16-39-28-32-31-26(33(28)24-6-4-3-5-23(24)29)15-37-21-10-8-20(36-2)9-11-21/h3-14H,15-16H2,1-2H3,(H,30,34). The molecular formula is C28H23FN4O5S. The normalized spacial score (nSPS) is 10.9. The first-order valence-corrected chi connectivity index (χ1v) is 12.8. The number of ether oxygens (including phenoxy) is 2. The molecule has 1 N–H and O–H groups in total. The largest absolute Gasteiger partial charge is 0.497 e. The van der Waals surface area contributed by atoms with Crippen LogP contribution in [-0.2, 0) is 17.2 Å². The topological polar surface area (TPSA) is 108 Å². The Hall–Kier alpha value is -4.64. The first kappa shape index (κ1) is 26.0. The molecule has 39 heavy (non-hydrogen) atoms. The van der Waals surface area contributed by atoms with Gasteiger partial charge in [0.05, 0.1) is 12.8 Å². The SMILES string of the molecule is COc1ccc(OCc2nnc(SCc3cc(=O)oc4cc(NC(C)=O)ccc34)n2-c2ccccc2F)cc1. The number of hydrogen-bond acceptors (Lipinski definition) is 8. The Morgan fingerprint density at radius 3 is 2.56 bits per heavy atom. The molecule has 1 amide bonds. The summed E-state index contributed by atoms with van der Waals surface area (Å²) in [4.78, 5) is 23.7. The Kier molecular flexibility index (Phi) is 7.60. The van der Waals surface area contributed by atoms with E-state index in [1.165, 1.54) is 30.8 Å². The van der Waals surface area contributed by atoms with Gasteiger partial charge in [0.15, 0.2) is 11.0 Å². The molecule has 0 saturated carbocycles. The van der Waals surface area contributed by atoms with Crippen LogP contribution in [0.3, 0.4) is 0 Å². The molecule has 0 fully saturated rings. The molecule has 198 valence electrons. The number of carbonyl (C=O) groups is 1. The lowest BCUT2D eigenvalue weighted by atomic mass is 10.1. The zero-order valence-electron chi connectivity index (χ0n) is 21.0. The predicted molar refractivity (Wildman–Crippen MR) is 145 cm³/mol. The van der Waals surface area contributed by atoms with Crippen molar-refractivity contribution in [1.29, 1.82) is 0 Å². The minimum Gasteiger partial charge on any atom is -0.497 e. The lowest BCUT2D eigenvalue weighted by Crippen LogP contribution is -2.08. The highest BCUT2D eigenvalue weighted by Gasteiger charge is 2.19. The summed E-state index contributed by atoms with van der Waals surface area (Å²) in [6, 6.07) is 19.9. The van der Waals surface area contributed by atoms with Crippen LogP contribution in [0, 0.1) is 5.82 Å². The molecule has 0 unspecified atom stereocenters. The number of anilines is 1. The molecule has 0 aliphatic rings. The summed E-state index contributed by atoms with van der Waals surface area (Å²) >= 11 is 1.29. The third-order valence-corrected chi connectivity index (χ3v) is 6.71. The lowest BCUT2D eigenvalue weighted by Gasteiger charge is -2.12. The van der Waals surface area contributed by atoms with Gasteiger partial charge in [-0.1, -0.05) is 23.9 Å². The second-order valence-electron chi connectivity index (χ2n) is 8.42. The number of hydrogen-bond donors (Lipinski definition) is 1. The Morgan fingerprint density at radius 2 is 1.82 bits per heavy atom. The van der Waals surface area contributed by atoms with Crippen molar-refractivity contribution in [3.8, 4) is 17.2 Å². The van der Waals surface area contributed by atoms with Gasteiger partial charge in [-0.05, 0) is 54.1 Å². The van der Waals surface area contributed by atoms with Crippen LogP contribution in [-0.4, -0.2) is 27.8 Å². The third-order valence-electron chi connectivity index (χ3n) is 5.73. The first-order chi connectivity index (χ1) is 18.9. The first-order valence-electron chi connectivity index (χ1n) is 11.8. The second kappa shape index (κ2) is 11.4. The van der Waals surface area contributed by atoms with Gasteiger partial charge in [0.1, 0.15) is 29.5 Å². The quantitative estimate of drug-likeness (QED) is 0.195. The van der Waals surface area contributed by atoms with Crippen molar-refractivity contribution in [2.75, 3.05) is 12.4 Å². The molecule has 0 bridgehead atoms. The summed E-state index contributed by atoms with van der Waals surface area (Å²) in [5.74, 6) is 1.34. The number of nitrogens with zero attached hydrogens (tertiary/aromatic N) is 3. The van der Waals surface area contributed by atoms with E-state index < -0.39 is 11.4 Å². The summed E-state index contributed by atoms with van der Waals surface area (Å²) in [5.41, 5.74) is 1.30. The van der Waals surface area contributed by atoms with Gasteiger partial charge in [0, 0.05) is 35.9 Å². The molecule has 3 aromatic carbocycles. The number of para-hydroxylation sites is 1. The van der Waals surface area contributed by atoms with Crippen LogP contribution >= 0.6 is 11.8 Å². The molecule has 5 rings (SSSR count). The van der Waals surface area contributed by atoms with Gasteiger partial charge in [-0.2, -0.15) is 0 Å². The van der Waals surface area contributed by atoms with Crippen molar-refractivity contribution in [1.82, 2.24) is 14.8 Å². The number of aromatic nitrogens is 3. The molecule has 0 aliphatic carbocycles. The number of benzene rings is 3. The number of carbonyl (C=O) groups excluding carboxylic acids is 1. The van der Waals surface area contributed by atoms with E-state index in [0.717, 1.165) is 0 Å². The summed E-state index contributed by atoms with van der Waals surface area (Å²) in [7, 11) is 1.58. The Labute approximate surface area is 226 Å². The number of methoxy groups -OCH3 is 1. The molecule has 0 aliphatic heterocycles. The van der Waals surface area contributed by atoms with E-state index in [9.17, 15) is 14.0 Å². The van der Waals surface area contributed by atoms with Crippen LogP contribution in [0.25, 0.3) is 16.7 Å². The van der Waals surface area contributed by atoms with E-state index in [1.807, 2.05) is 0 Å². The second-order valence-corrected chi connectivity index (χ2v) is 9.36. The average molecular weight is 547 g/mol. The van der Waals surface area contributed by atoms with Gasteiger partial charge >= 0.3 is 5.63 Å². The van der Waals surface area contributed by atoms with Crippen molar-refractivity contribution in [3.05, 3.63) is 100 Å². The van der Waals surface area contributed by atoms with Gasteiger partial charge in [-0.3, -0.25) is 9.36 Å². The fraction of sp³-hybridized carbons (Fsp3) is 0.143. The number of fused-ring (bicyclic) bond motifs is 1. The fourth-order valence-electron chi connectivity index (χ4n) is 3.95. The van der Waals surface area contributed by atoms with Gasteiger partial charge in [0.25, 0.3) is 0 Å². The van der Waals surface area contributed by atoms with Gasteiger partial charge in [-0.25, -0.2) is 9.18 Å². The number of thioether (sulfide) groups is 1. The minimum atomic E-state index is -0.526. The smallest absolute Gasteiger partial charge is 0.336 e. The van der Waals surface area contributed by atoms with Crippen LogP contribution in [0.5, 0.6) is 11.5 Å². The highest BCUT2D eigenvalue weighted by molar-refractivity contribution is 7.98. The van der Waals surface area contributed by atoms with Crippen molar-refractivity contribution in [3.63, 3.8) is 0 Å². The van der Waals surface area contributed by atoms with Crippen LogP contribution in [0.4, 0.5) is 10.1 Å². The zero-order valence-corrected chi connectivity index (χ0v) is 21.8. The van der Waals surface area contributed by atoms with Crippen molar-refractivity contribution in [2.24, 2.45) is 0 Å². The molecule has 9 nitrogen and oxygen atoms in total. The number of nitrogens with one attached hydrogen (secondary N) is 1. The third kappa shape index (κ3) is 5.93. The van der Waals surface area contributed by atoms with E-state index in [1.54, 1.807) is 72.3 Å². The van der Waals surface area contributed by atoms with Crippen LogP contribution in [0.2, 0.25) is 0 Å². The monoisotopic (exact) mass is 546 g/mol. The number of rotatable bonds is 9. The van der Waals surface area contributed by atoms with Gasteiger partial charge in [0.2, 0.25) is 5.91 Å². The average Bonchev–Trinajstić information content (AvgIpc) is 3.33. The van der Waals surface area contributed by atoms with Gasteiger partial charge in [-0.15, -0.1) is 10.2 Å². The molecule has 2 heterocycles. The van der Waals surface area contributed by atoms with Gasteiger partial charge < -0.3 is 19.2 Å². The summed E-state index contributed by atoms with van der Waals surface area (Å²) in [5, 5.41) is 12.4. The minimum absolute atomic E-state index is 0.0397.